The molecular weight excluding hydrogens is 326 g/mol. The molecule has 7 heteroatoms. The summed E-state index contributed by atoms with van der Waals surface area (Å²) in [7, 11) is 0. The van der Waals surface area contributed by atoms with Gasteiger partial charge in [-0.05, 0) is 13.0 Å². The van der Waals surface area contributed by atoms with E-state index in [1.807, 2.05) is 6.07 Å². The normalized spacial score (nSPS) is 13.5. The summed E-state index contributed by atoms with van der Waals surface area (Å²) in [4.78, 5) is 11.9. The van der Waals surface area contributed by atoms with Crippen molar-refractivity contribution in [3.8, 4) is 18.2 Å². The molecule has 1 aromatic rings. The molecule has 0 unspecified atom stereocenters. The highest BCUT2D eigenvalue weighted by Gasteiger charge is 2.30. The summed E-state index contributed by atoms with van der Waals surface area (Å²) in [5.41, 5.74) is 6.20. The van der Waals surface area contributed by atoms with Crippen molar-refractivity contribution in [3.05, 3.63) is 63.0 Å². The number of carbonyl (C=O) groups excluding carboxylic acids is 1. The highest BCUT2D eigenvalue weighted by Crippen LogP contribution is 2.38. The Balaban J connectivity index is 2.99. The van der Waals surface area contributed by atoms with E-state index in [4.69, 9.17) is 27.9 Å². The number of nitrogens with one attached hydrogen (secondary N) is 1. The molecule has 0 aromatic heterocycles. The number of nitrogens with two attached hydrogens (primary N) is 1. The van der Waals surface area contributed by atoms with Crippen molar-refractivity contribution in [1.82, 2.24) is 5.32 Å². The van der Waals surface area contributed by atoms with Gasteiger partial charge in [-0.15, -0.1) is 0 Å². The van der Waals surface area contributed by atoms with Gasteiger partial charge in [-0.25, -0.2) is 0 Å². The number of carbonyl (C=O) groups is 1. The molecule has 0 radical (unpaired) electrons. The number of benzene rings is 1. The first kappa shape index (κ1) is 16.8. The molecule has 1 heterocycles. The monoisotopic (exact) mass is 335 g/mol. The van der Waals surface area contributed by atoms with Gasteiger partial charge < -0.3 is 11.1 Å². The van der Waals surface area contributed by atoms with Gasteiger partial charge in [0.25, 0.3) is 5.91 Å². The molecule has 3 N–H and O–H groups in total. The second-order valence-electron chi connectivity index (χ2n) is 4.80. The lowest BCUT2D eigenvalue weighted by Gasteiger charge is -2.24. The second kappa shape index (κ2) is 6.71. The molecule has 0 atom stereocenters. The van der Waals surface area contributed by atoms with Gasteiger partial charge in [0.2, 0.25) is 0 Å². The van der Waals surface area contributed by atoms with Crippen molar-refractivity contribution >= 4 is 23.1 Å². The van der Waals surface area contributed by atoms with E-state index in [9.17, 15) is 10.1 Å². The Bertz CT molecular complexity index is 948. The molecule has 1 aromatic carbocycles. The lowest BCUT2D eigenvalue weighted by molar-refractivity contribution is -0.114. The van der Waals surface area contributed by atoms with Crippen molar-refractivity contribution < 1.29 is 4.79 Å². The summed E-state index contributed by atoms with van der Waals surface area (Å²) in [5, 5.41) is 30.9. The Morgan fingerprint density at radius 2 is 1.83 bits per heavy atom. The zero-order chi connectivity index (χ0) is 17.9. The summed E-state index contributed by atoms with van der Waals surface area (Å²) in [6.07, 6.45) is 0. The maximum atomic E-state index is 11.9. The predicted octanol–water partition coefficient (Wildman–Crippen LogP) is 2.28. The Labute approximate surface area is 143 Å². The third-order valence-electron chi connectivity index (χ3n) is 3.41. The van der Waals surface area contributed by atoms with Crippen LogP contribution in [0.1, 0.15) is 12.5 Å². The van der Waals surface area contributed by atoms with Crippen LogP contribution in [0.5, 0.6) is 0 Å². The average molecular weight is 336 g/mol. The van der Waals surface area contributed by atoms with E-state index < -0.39 is 5.91 Å². The van der Waals surface area contributed by atoms with Gasteiger partial charge in [0.1, 0.15) is 18.2 Å². The average Bonchev–Trinajstić information content (AvgIpc) is 2.55. The molecule has 2 rings (SSSR count). The standard InChI is InChI=1S/C17H10ClN5O/c1-9-14(17(22)24)15(11-4-2-3-5-13(11)18)12(8-21)16(23-9)10(6-19)7-20/h2-5,23H,1H3,(H2,22,24). The molecule has 0 spiro atoms. The first-order valence-electron chi connectivity index (χ1n) is 6.68. The fourth-order valence-corrected chi connectivity index (χ4v) is 2.66. The zero-order valence-corrected chi connectivity index (χ0v) is 13.3. The Morgan fingerprint density at radius 3 is 2.33 bits per heavy atom. The fourth-order valence-electron chi connectivity index (χ4n) is 2.43. The molecule has 0 fully saturated rings. The minimum Gasteiger partial charge on any atom is -0.366 e. The lowest BCUT2D eigenvalue weighted by atomic mass is 9.86. The van der Waals surface area contributed by atoms with Crippen LogP contribution in [0.2, 0.25) is 5.02 Å². The number of amides is 1. The first-order valence-corrected chi connectivity index (χ1v) is 7.06. The number of halogens is 1. The molecule has 116 valence electrons. The highest BCUT2D eigenvalue weighted by atomic mass is 35.5. The Kier molecular flexibility index (Phi) is 4.70. The quantitative estimate of drug-likeness (QED) is 0.801. The Morgan fingerprint density at radius 1 is 1.21 bits per heavy atom. The number of rotatable bonds is 2. The number of primary amides is 1. The van der Waals surface area contributed by atoms with E-state index in [2.05, 4.69) is 5.32 Å². The molecule has 6 nitrogen and oxygen atoms in total. The third kappa shape index (κ3) is 2.73. The van der Waals surface area contributed by atoms with Crippen molar-refractivity contribution in [3.63, 3.8) is 0 Å². The van der Waals surface area contributed by atoms with E-state index in [-0.39, 0.29) is 28.0 Å². The number of hydrogen-bond acceptors (Lipinski definition) is 5. The largest absolute Gasteiger partial charge is 0.366 e. The lowest BCUT2D eigenvalue weighted by Crippen LogP contribution is -2.28. The van der Waals surface area contributed by atoms with Gasteiger partial charge in [-0.1, -0.05) is 29.8 Å². The van der Waals surface area contributed by atoms with Gasteiger partial charge >= 0.3 is 0 Å². The first-order chi connectivity index (χ1) is 11.5. The van der Waals surface area contributed by atoms with E-state index in [0.717, 1.165) is 0 Å². The highest BCUT2D eigenvalue weighted by molar-refractivity contribution is 6.33. The van der Waals surface area contributed by atoms with Crippen molar-refractivity contribution in [2.24, 2.45) is 5.73 Å². The van der Waals surface area contributed by atoms with Crippen LogP contribution in [0.3, 0.4) is 0 Å². The van der Waals surface area contributed by atoms with Crippen LogP contribution >= 0.6 is 11.6 Å². The van der Waals surface area contributed by atoms with E-state index >= 15 is 0 Å². The van der Waals surface area contributed by atoms with Crippen molar-refractivity contribution in [1.29, 1.82) is 15.8 Å². The molecule has 1 aliphatic rings. The molecule has 0 bridgehead atoms. The number of allylic oxidation sites excluding steroid dienone is 3. The van der Waals surface area contributed by atoms with Crippen LogP contribution in [0.15, 0.2) is 52.4 Å². The number of dihydropyridines is 1. The van der Waals surface area contributed by atoms with Gasteiger partial charge in [0.05, 0.1) is 16.8 Å². The maximum Gasteiger partial charge on any atom is 0.251 e. The van der Waals surface area contributed by atoms with Gasteiger partial charge in [-0.3, -0.25) is 4.79 Å². The number of hydrogen-bond donors (Lipinski definition) is 2. The van der Waals surface area contributed by atoms with E-state index in [1.54, 1.807) is 43.3 Å². The van der Waals surface area contributed by atoms with Gasteiger partial charge in [0.15, 0.2) is 5.57 Å². The molecule has 0 saturated carbocycles. The fraction of sp³-hybridized carbons (Fsp3) is 0.0588. The molecular formula is C17H10ClN5O. The molecule has 0 saturated heterocycles. The van der Waals surface area contributed by atoms with Crippen molar-refractivity contribution in [2.45, 2.75) is 6.92 Å². The topological polar surface area (TPSA) is 126 Å². The third-order valence-corrected chi connectivity index (χ3v) is 3.74. The van der Waals surface area contributed by atoms with Crippen LogP contribution in [0.25, 0.3) is 5.57 Å². The smallest absolute Gasteiger partial charge is 0.251 e. The molecule has 0 aliphatic carbocycles. The van der Waals surface area contributed by atoms with E-state index in [0.29, 0.717) is 16.3 Å². The Hall–Kier alpha value is -3.53. The van der Waals surface area contributed by atoms with Crippen LogP contribution < -0.4 is 11.1 Å². The number of nitriles is 3. The molecule has 24 heavy (non-hydrogen) atoms. The summed E-state index contributed by atoms with van der Waals surface area (Å²) in [6.45, 7) is 1.57. The van der Waals surface area contributed by atoms with Gasteiger partial charge in [0, 0.05) is 21.9 Å². The summed E-state index contributed by atoms with van der Waals surface area (Å²) >= 11 is 6.21. The van der Waals surface area contributed by atoms with E-state index in [1.165, 1.54) is 0 Å². The summed E-state index contributed by atoms with van der Waals surface area (Å²) < 4.78 is 0. The minimum absolute atomic E-state index is 0.0277. The van der Waals surface area contributed by atoms with Crippen LogP contribution in [-0.2, 0) is 4.79 Å². The molecule has 1 aliphatic heterocycles. The zero-order valence-electron chi connectivity index (χ0n) is 12.5. The summed E-state index contributed by atoms with van der Waals surface area (Å²) in [5.74, 6) is -0.753. The van der Waals surface area contributed by atoms with Crippen LogP contribution in [0, 0.1) is 34.0 Å². The number of nitrogens with zero attached hydrogens (tertiary/aromatic N) is 3. The molecule has 1 amide bonds. The second-order valence-corrected chi connectivity index (χ2v) is 5.21. The SMILES string of the molecule is CC1=C(C(N)=O)C(c2ccccc2Cl)=C(C#N)C(=C(C#N)C#N)N1. The summed E-state index contributed by atoms with van der Waals surface area (Å²) in [6, 6.07) is 12.0. The van der Waals surface area contributed by atoms with Gasteiger partial charge in [-0.2, -0.15) is 15.8 Å². The predicted molar refractivity (Wildman–Crippen MR) is 87.3 cm³/mol. The van der Waals surface area contributed by atoms with Crippen LogP contribution in [-0.4, -0.2) is 5.91 Å². The van der Waals surface area contributed by atoms with Crippen LogP contribution in [0.4, 0.5) is 0 Å². The maximum absolute atomic E-state index is 11.9. The van der Waals surface area contributed by atoms with Crippen molar-refractivity contribution in [2.75, 3.05) is 0 Å². The minimum atomic E-state index is -0.753.